The van der Waals surface area contributed by atoms with Gasteiger partial charge in [-0.05, 0) is 36.8 Å². The minimum Gasteiger partial charge on any atom is -0.225 e. The Bertz CT molecular complexity index is 500. The molecule has 100 valence electrons. The molecule has 0 saturated heterocycles. The summed E-state index contributed by atoms with van der Waals surface area (Å²) < 4.78 is 26.3. The Morgan fingerprint density at radius 3 is 2.50 bits per heavy atom. The average Bonchev–Trinajstić information content (AvgIpc) is 3.13. The largest absolute Gasteiger partial charge is 0.246 e. The van der Waals surface area contributed by atoms with Crippen LogP contribution in [0.3, 0.4) is 0 Å². The summed E-state index contributed by atoms with van der Waals surface area (Å²) in [5.41, 5.74) is 0. The Labute approximate surface area is 112 Å². The van der Waals surface area contributed by atoms with Crippen molar-refractivity contribution in [1.29, 1.82) is 0 Å². The molecule has 1 saturated carbocycles. The van der Waals surface area contributed by atoms with E-state index in [-0.39, 0.29) is 10.2 Å². The van der Waals surface area contributed by atoms with Gasteiger partial charge in [-0.25, -0.2) is 18.4 Å². The molecule has 0 amide bonds. The Morgan fingerprint density at radius 2 is 2.00 bits per heavy atom. The molecular weight excluding hydrogens is 274 g/mol. The second-order valence-corrected chi connectivity index (χ2v) is 6.77. The molecule has 1 aliphatic carbocycles. The molecule has 0 unspecified atom stereocenters. The summed E-state index contributed by atoms with van der Waals surface area (Å²) in [4.78, 5) is 7.57. The molecule has 1 aromatic rings. The third-order valence-electron chi connectivity index (χ3n) is 2.87. The second kappa shape index (κ2) is 5.50. The van der Waals surface area contributed by atoms with E-state index in [1.807, 2.05) is 6.92 Å². The van der Waals surface area contributed by atoms with Crippen LogP contribution in [0.15, 0.2) is 17.3 Å². The van der Waals surface area contributed by atoms with Gasteiger partial charge in [0.25, 0.3) is 0 Å². The maximum absolute atomic E-state index is 12.4. The predicted octanol–water partition coefficient (Wildman–Crippen LogP) is 1.94. The summed E-state index contributed by atoms with van der Waals surface area (Å²) in [5, 5.41) is 0.0539. The molecule has 1 aliphatic rings. The number of rotatable bonds is 6. The van der Waals surface area contributed by atoms with Crippen molar-refractivity contribution >= 4 is 21.6 Å². The van der Waals surface area contributed by atoms with Crippen molar-refractivity contribution in [2.24, 2.45) is 5.92 Å². The monoisotopic (exact) mass is 289 g/mol. The molecule has 0 bridgehead atoms. The molecule has 1 heterocycles. The molecule has 1 aromatic heterocycles. The summed E-state index contributed by atoms with van der Waals surface area (Å²) in [6, 6.07) is 0. The molecule has 2 rings (SSSR count). The first-order chi connectivity index (χ1) is 8.54. The Hall–Kier alpha value is -0.720. The third kappa shape index (κ3) is 3.18. The highest BCUT2D eigenvalue weighted by atomic mass is 35.5. The fraction of sp³-hybridized carbons (Fsp3) is 0.636. The van der Waals surface area contributed by atoms with Gasteiger partial charge in [0.15, 0.2) is 0 Å². The van der Waals surface area contributed by atoms with E-state index in [4.69, 9.17) is 11.6 Å². The normalized spacial score (nSPS) is 16.2. The molecule has 0 radical (unpaired) electrons. The highest BCUT2D eigenvalue weighted by Gasteiger charge is 2.31. The standard InChI is InChI=1S/C11H16ClN3O2S/c1-2-5-15(8-9-3-4-9)18(16,17)10-6-13-11(12)14-7-10/h6-7,9H,2-5,8H2,1H3. The highest BCUT2D eigenvalue weighted by Crippen LogP contribution is 2.31. The number of aromatic nitrogens is 2. The van der Waals surface area contributed by atoms with Crippen LogP contribution in [0.25, 0.3) is 0 Å². The van der Waals surface area contributed by atoms with Gasteiger partial charge in [0.2, 0.25) is 15.3 Å². The van der Waals surface area contributed by atoms with Gasteiger partial charge >= 0.3 is 0 Å². The lowest BCUT2D eigenvalue weighted by atomic mass is 10.4. The van der Waals surface area contributed by atoms with Crippen molar-refractivity contribution in [3.63, 3.8) is 0 Å². The maximum Gasteiger partial charge on any atom is 0.246 e. The molecule has 0 aromatic carbocycles. The molecule has 1 fully saturated rings. The topological polar surface area (TPSA) is 63.2 Å². The van der Waals surface area contributed by atoms with Gasteiger partial charge in [-0.2, -0.15) is 4.31 Å². The van der Waals surface area contributed by atoms with Crippen molar-refractivity contribution < 1.29 is 8.42 Å². The van der Waals surface area contributed by atoms with Crippen LogP contribution in [-0.2, 0) is 10.0 Å². The lowest BCUT2D eigenvalue weighted by Gasteiger charge is -2.21. The van der Waals surface area contributed by atoms with Crippen LogP contribution < -0.4 is 0 Å². The molecule has 0 aliphatic heterocycles. The Balaban J connectivity index is 2.22. The van der Waals surface area contributed by atoms with Crippen molar-refractivity contribution in [3.05, 3.63) is 17.7 Å². The first kappa shape index (κ1) is 13.7. The van der Waals surface area contributed by atoms with E-state index in [0.29, 0.717) is 19.0 Å². The zero-order valence-corrected chi connectivity index (χ0v) is 11.8. The molecule has 0 spiro atoms. The fourth-order valence-electron chi connectivity index (χ4n) is 1.73. The zero-order valence-electron chi connectivity index (χ0n) is 10.2. The maximum atomic E-state index is 12.4. The molecule has 0 atom stereocenters. The smallest absolute Gasteiger partial charge is 0.225 e. The van der Waals surface area contributed by atoms with Gasteiger partial charge < -0.3 is 0 Å². The number of nitrogens with zero attached hydrogens (tertiary/aromatic N) is 3. The molecule has 18 heavy (non-hydrogen) atoms. The first-order valence-electron chi connectivity index (χ1n) is 6.01. The summed E-state index contributed by atoms with van der Waals surface area (Å²) >= 11 is 5.57. The van der Waals surface area contributed by atoms with E-state index in [0.717, 1.165) is 19.3 Å². The van der Waals surface area contributed by atoms with Crippen LogP contribution in [0.4, 0.5) is 0 Å². The highest BCUT2D eigenvalue weighted by molar-refractivity contribution is 7.89. The van der Waals surface area contributed by atoms with E-state index in [1.165, 1.54) is 16.7 Å². The molecule has 5 nitrogen and oxygen atoms in total. The van der Waals surface area contributed by atoms with Gasteiger partial charge in [-0.15, -0.1) is 0 Å². The van der Waals surface area contributed by atoms with E-state index < -0.39 is 10.0 Å². The van der Waals surface area contributed by atoms with Gasteiger partial charge in [0.1, 0.15) is 4.90 Å². The Morgan fingerprint density at radius 1 is 1.39 bits per heavy atom. The minimum absolute atomic E-state index is 0.0539. The van der Waals surface area contributed by atoms with Crippen LogP contribution in [-0.4, -0.2) is 35.8 Å². The second-order valence-electron chi connectivity index (χ2n) is 4.49. The summed E-state index contributed by atoms with van der Waals surface area (Å²) in [6.45, 7) is 3.09. The fourth-order valence-corrected chi connectivity index (χ4v) is 3.33. The summed E-state index contributed by atoms with van der Waals surface area (Å²) in [5.74, 6) is 0.513. The van der Waals surface area contributed by atoms with Gasteiger partial charge in [0.05, 0.1) is 12.4 Å². The number of hydrogen-bond acceptors (Lipinski definition) is 4. The van der Waals surface area contributed by atoms with E-state index >= 15 is 0 Å². The third-order valence-corrected chi connectivity index (χ3v) is 4.88. The van der Waals surface area contributed by atoms with Crippen molar-refractivity contribution in [2.75, 3.05) is 13.1 Å². The Kier molecular flexibility index (Phi) is 4.19. The average molecular weight is 290 g/mol. The summed E-state index contributed by atoms with van der Waals surface area (Å²) in [6.07, 6.45) is 5.56. The van der Waals surface area contributed by atoms with Crippen molar-refractivity contribution in [2.45, 2.75) is 31.1 Å². The van der Waals surface area contributed by atoms with Gasteiger partial charge in [0, 0.05) is 13.1 Å². The lowest BCUT2D eigenvalue weighted by molar-refractivity contribution is 0.395. The van der Waals surface area contributed by atoms with Crippen molar-refractivity contribution in [1.82, 2.24) is 14.3 Å². The van der Waals surface area contributed by atoms with E-state index in [1.54, 1.807) is 0 Å². The molecule has 0 N–H and O–H groups in total. The van der Waals surface area contributed by atoms with Crippen LogP contribution in [0.1, 0.15) is 26.2 Å². The molecule has 7 heteroatoms. The van der Waals surface area contributed by atoms with Crippen LogP contribution in [0, 0.1) is 5.92 Å². The quantitative estimate of drug-likeness (QED) is 0.751. The zero-order chi connectivity index (χ0) is 13.2. The van der Waals surface area contributed by atoms with Crippen LogP contribution in [0.2, 0.25) is 5.28 Å². The predicted molar refractivity (Wildman–Crippen MR) is 68.8 cm³/mol. The van der Waals surface area contributed by atoms with Gasteiger partial charge in [-0.1, -0.05) is 6.92 Å². The van der Waals surface area contributed by atoms with E-state index in [9.17, 15) is 8.42 Å². The SMILES string of the molecule is CCCN(CC1CC1)S(=O)(=O)c1cnc(Cl)nc1. The summed E-state index contributed by atoms with van der Waals surface area (Å²) in [7, 11) is -3.49. The number of hydrogen-bond donors (Lipinski definition) is 0. The van der Waals surface area contributed by atoms with Crippen molar-refractivity contribution in [3.8, 4) is 0 Å². The minimum atomic E-state index is -3.49. The number of sulfonamides is 1. The number of halogens is 1. The molecular formula is C11H16ClN3O2S. The first-order valence-corrected chi connectivity index (χ1v) is 7.83. The lowest BCUT2D eigenvalue weighted by Crippen LogP contribution is -2.33. The van der Waals surface area contributed by atoms with Gasteiger partial charge in [-0.3, -0.25) is 0 Å². The van der Waals surface area contributed by atoms with Crippen LogP contribution in [0.5, 0.6) is 0 Å². The van der Waals surface area contributed by atoms with Crippen LogP contribution >= 0.6 is 11.6 Å². The van der Waals surface area contributed by atoms with E-state index in [2.05, 4.69) is 9.97 Å².